The molecular weight excluding hydrogens is 274 g/mol. The minimum atomic E-state index is 0.761. The topological polar surface area (TPSA) is 51.4 Å². The van der Waals surface area contributed by atoms with Gasteiger partial charge in [-0.2, -0.15) is 0 Å². The number of fused-ring (bicyclic) bond motifs is 1. The lowest BCUT2D eigenvalue weighted by molar-refractivity contribution is 0.122. The number of aromatic nitrogens is 2. The molecule has 3 rings (SSSR count). The van der Waals surface area contributed by atoms with Crippen LogP contribution in [0.3, 0.4) is 0 Å². The number of anilines is 1. The summed E-state index contributed by atoms with van der Waals surface area (Å²) in [5.74, 6) is 0. The summed E-state index contributed by atoms with van der Waals surface area (Å²) in [6, 6.07) is 4.03. The number of hydrogen-bond acceptors (Lipinski definition) is 5. The summed E-state index contributed by atoms with van der Waals surface area (Å²) in [5.41, 5.74) is 2.66. The van der Waals surface area contributed by atoms with Crippen LogP contribution in [-0.2, 0) is 4.74 Å². The lowest BCUT2D eigenvalue weighted by Gasteiger charge is -2.28. The van der Waals surface area contributed by atoms with E-state index in [1.165, 1.54) is 0 Å². The third-order valence-corrected chi connectivity index (χ3v) is 3.28. The van der Waals surface area contributed by atoms with E-state index < -0.39 is 0 Å². The number of rotatable bonds is 1. The Balaban J connectivity index is 2.02. The van der Waals surface area contributed by atoms with Crippen molar-refractivity contribution in [2.24, 2.45) is 0 Å². The van der Waals surface area contributed by atoms with E-state index in [2.05, 4.69) is 31.1 Å². The molecule has 0 radical (unpaired) electrons. The zero-order chi connectivity index (χ0) is 11.0. The largest absolute Gasteiger partial charge is 0.378 e. The van der Waals surface area contributed by atoms with Gasteiger partial charge < -0.3 is 9.64 Å². The molecule has 0 saturated carbocycles. The number of morpholine rings is 1. The van der Waals surface area contributed by atoms with Crippen LogP contribution in [0.15, 0.2) is 21.2 Å². The van der Waals surface area contributed by atoms with Gasteiger partial charge in [-0.05, 0) is 38.4 Å². The Morgan fingerprint density at radius 1 is 1.19 bits per heavy atom. The SMILES string of the molecule is Brc1cc(N2CCOCC2)cc2nonc12. The minimum Gasteiger partial charge on any atom is -0.378 e. The van der Waals surface area contributed by atoms with E-state index in [4.69, 9.17) is 9.37 Å². The standard InChI is InChI=1S/C10H10BrN3O2/c11-8-5-7(14-1-3-15-4-2-14)6-9-10(8)13-16-12-9/h5-6H,1-4H2. The normalized spacial score (nSPS) is 16.9. The molecule has 1 aliphatic rings. The Hall–Kier alpha value is -1.14. The van der Waals surface area contributed by atoms with Crippen molar-refractivity contribution in [3.8, 4) is 0 Å². The van der Waals surface area contributed by atoms with Crippen LogP contribution in [0.5, 0.6) is 0 Å². The van der Waals surface area contributed by atoms with Crippen LogP contribution in [0.4, 0.5) is 5.69 Å². The molecule has 2 aromatic rings. The maximum absolute atomic E-state index is 5.32. The summed E-state index contributed by atoms with van der Waals surface area (Å²) in [5, 5.41) is 7.69. The van der Waals surface area contributed by atoms with Gasteiger partial charge in [-0.25, -0.2) is 4.63 Å². The Labute approximate surface area is 100 Å². The predicted molar refractivity (Wildman–Crippen MR) is 62.5 cm³/mol. The van der Waals surface area contributed by atoms with Crippen LogP contribution in [0, 0.1) is 0 Å². The summed E-state index contributed by atoms with van der Waals surface area (Å²) < 4.78 is 10.9. The molecule has 0 amide bonds. The molecule has 6 heteroatoms. The Morgan fingerprint density at radius 3 is 2.81 bits per heavy atom. The molecule has 0 spiro atoms. The number of hydrogen-bond donors (Lipinski definition) is 0. The van der Waals surface area contributed by atoms with Crippen LogP contribution < -0.4 is 4.90 Å². The molecule has 2 heterocycles. The molecule has 0 bridgehead atoms. The summed E-state index contributed by atoms with van der Waals surface area (Å²) in [4.78, 5) is 2.27. The molecular formula is C10H10BrN3O2. The molecule has 1 fully saturated rings. The molecule has 0 atom stereocenters. The maximum atomic E-state index is 5.32. The van der Waals surface area contributed by atoms with Gasteiger partial charge >= 0.3 is 0 Å². The fraction of sp³-hybridized carbons (Fsp3) is 0.400. The fourth-order valence-electron chi connectivity index (χ4n) is 1.84. The average molecular weight is 284 g/mol. The molecule has 0 N–H and O–H groups in total. The van der Waals surface area contributed by atoms with E-state index in [1.807, 2.05) is 12.1 Å². The molecule has 0 aliphatic carbocycles. The Bertz CT molecular complexity index is 508. The van der Waals surface area contributed by atoms with E-state index in [0.29, 0.717) is 0 Å². The average Bonchev–Trinajstić information content (AvgIpc) is 2.79. The second-order valence-corrected chi connectivity index (χ2v) is 4.51. The monoisotopic (exact) mass is 283 g/mol. The molecule has 1 saturated heterocycles. The van der Waals surface area contributed by atoms with Gasteiger partial charge in [0, 0.05) is 18.8 Å². The van der Waals surface area contributed by atoms with E-state index in [-0.39, 0.29) is 0 Å². The van der Waals surface area contributed by atoms with Crippen LogP contribution in [0.25, 0.3) is 11.0 Å². The summed E-state index contributed by atoms with van der Waals surface area (Å²) in [6.07, 6.45) is 0. The molecule has 0 unspecified atom stereocenters. The van der Waals surface area contributed by atoms with Gasteiger partial charge in [0.15, 0.2) is 0 Å². The highest BCUT2D eigenvalue weighted by atomic mass is 79.9. The third kappa shape index (κ3) is 1.68. The first-order valence-corrected chi connectivity index (χ1v) is 5.88. The molecule has 1 aromatic heterocycles. The van der Waals surface area contributed by atoms with Crippen molar-refractivity contribution < 1.29 is 9.37 Å². The number of halogens is 1. The Kier molecular flexibility index (Phi) is 2.53. The fourth-order valence-corrected chi connectivity index (χ4v) is 2.35. The van der Waals surface area contributed by atoms with Gasteiger partial charge in [0.1, 0.15) is 11.0 Å². The van der Waals surface area contributed by atoms with Crippen molar-refractivity contribution in [1.82, 2.24) is 10.3 Å². The van der Waals surface area contributed by atoms with Gasteiger partial charge in [0.25, 0.3) is 0 Å². The highest BCUT2D eigenvalue weighted by molar-refractivity contribution is 9.10. The van der Waals surface area contributed by atoms with E-state index in [1.54, 1.807) is 0 Å². The van der Waals surface area contributed by atoms with Crippen LogP contribution in [-0.4, -0.2) is 36.6 Å². The van der Waals surface area contributed by atoms with E-state index in [0.717, 1.165) is 47.5 Å². The second-order valence-electron chi connectivity index (χ2n) is 3.66. The van der Waals surface area contributed by atoms with Crippen molar-refractivity contribution in [1.29, 1.82) is 0 Å². The van der Waals surface area contributed by atoms with Crippen molar-refractivity contribution >= 4 is 32.7 Å². The first kappa shape index (κ1) is 10.0. The smallest absolute Gasteiger partial charge is 0.149 e. The van der Waals surface area contributed by atoms with Crippen molar-refractivity contribution in [3.63, 3.8) is 0 Å². The summed E-state index contributed by atoms with van der Waals surface area (Å²) in [6.45, 7) is 3.35. The number of benzene rings is 1. The van der Waals surface area contributed by atoms with Gasteiger partial charge in [0.2, 0.25) is 0 Å². The first-order chi connectivity index (χ1) is 7.84. The summed E-state index contributed by atoms with van der Waals surface area (Å²) >= 11 is 3.47. The first-order valence-electron chi connectivity index (χ1n) is 5.09. The lowest BCUT2D eigenvalue weighted by Crippen LogP contribution is -2.36. The molecule has 1 aliphatic heterocycles. The zero-order valence-corrected chi connectivity index (χ0v) is 10.1. The van der Waals surface area contributed by atoms with Crippen molar-refractivity contribution in [2.45, 2.75) is 0 Å². The van der Waals surface area contributed by atoms with Crippen LogP contribution in [0.2, 0.25) is 0 Å². The van der Waals surface area contributed by atoms with Crippen LogP contribution >= 0.6 is 15.9 Å². The predicted octanol–water partition coefficient (Wildman–Crippen LogP) is 1.82. The Morgan fingerprint density at radius 2 is 2.00 bits per heavy atom. The summed E-state index contributed by atoms with van der Waals surface area (Å²) in [7, 11) is 0. The number of nitrogens with zero attached hydrogens (tertiary/aromatic N) is 3. The van der Waals surface area contributed by atoms with Crippen molar-refractivity contribution in [3.05, 3.63) is 16.6 Å². The minimum absolute atomic E-state index is 0.761. The van der Waals surface area contributed by atoms with Gasteiger partial charge in [0.05, 0.1) is 17.7 Å². The van der Waals surface area contributed by atoms with E-state index in [9.17, 15) is 0 Å². The van der Waals surface area contributed by atoms with E-state index >= 15 is 0 Å². The second kappa shape index (κ2) is 4.03. The third-order valence-electron chi connectivity index (χ3n) is 2.68. The molecule has 84 valence electrons. The molecule has 5 nitrogen and oxygen atoms in total. The van der Waals surface area contributed by atoms with Gasteiger partial charge in [-0.1, -0.05) is 0 Å². The molecule has 16 heavy (non-hydrogen) atoms. The lowest BCUT2D eigenvalue weighted by atomic mass is 10.2. The zero-order valence-electron chi connectivity index (χ0n) is 8.52. The van der Waals surface area contributed by atoms with Crippen LogP contribution in [0.1, 0.15) is 0 Å². The highest BCUT2D eigenvalue weighted by Crippen LogP contribution is 2.28. The number of ether oxygens (including phenoxy) is 1. The highest BCUT2D eigenvalue weighted by Gasteiger charge is 2.14. The molecule has 1 aromatic carbocycles. The van der Waals surface area contributed by atoms with Gasteiger partial charge in [-0.3, -0.25) is 0 Å². The van der Waals surface area contributed by atoms with Gasteiger partial charge in [-0.15, -0.1) is 0 Å². The van der Waals surface area contributed by atoms with Crippen molar-refractivity contribution in [2.75, 3.05) is 31.2 Å². The quantitative estimate of drug-likeness (QED) is 0.799. The maximum Gasteiger partial charge on any atom is 0.149 e.